The quantitative estimate of drug-likeness (QED) is 0.696. The number of hydrogen-bond acceptors (Lipinski definition) is 5. The molecule has 0 bridgehead atoms. The summed E-state index contributed by atoms with van der Waals surface area (Å²) in [5.41, 5.74) is 5.53. The van der Waals surface area contributed by atoms with Gasteiger partial charge in [-0.1, -0.05) is 12.5 Å². The number of rotatable bonds is 4. The zero-order valence-electron chi connectivity index (χ0n) is 16.8. The highest BCUT2D eigenvalue weighted by atomic mass is 19.1. The zero-order valence-corrected chi connectivity index (χ0v) is 16.8. The lowest BCUT2D eigenvalue weighted by Crippen LogP contribution is -2.46. The number of carbonyl (C=O) groups excluding carboxylic acids is 1. The van der Waals surface area contributed by atoms with E-state index in [-0.39, 0.29) is 40.7 Å². The van der Waals surface area contributed by atoms with Crippen molar-refractivity contribution in [3.63, 3.8) is 0 Å². The van der Waals surface area contributed by atoms with Crippen LogP contribution < -0.4 is 11.1 Å². The van der Waals surface area contributed by atoms with Crippen LogP contribution in [-0.4, -0.2) is 34.3 Å². The van der Waals surface area contributed by atoms with E-state index in [1.165, 1.54) is 6.07 Å². The molecule has 0 spiro atoms. The number of pyridine rings is 1. The first-order valence-electron chi connectivity index (χ1n) is 10.3. The molecule has 4 rings (SSSR count). The lowest BCUT2D eigenvalue weighted by atomic mass is 9.74. The molecule has 0 saturated heterocycles. The van der Waals surface area contributed by atoms with Crippen LogP contribution in [0.1, 0.15) is 36.2 Å². The van der Waals surface area contributed by atoms with E-state index < -0.39 is 17.5 Å². The number of hydrogen-bond donors (Lipinski definition) is 3. The first-order valence-corrected chi connectivity index (χ1v) is 10.3. The van der Waals surface area contributed by atoms with Crippen LogP contribution in [0.3, 0.4) is 0 Å². The number of halogens is 2. The van der Waals surface area contributed by atoms with Gasteiger partial charge >= 0.3 is 0 Å². The second-order valence-corrected chi connectivity index (χ2v) is 8.09. The van der Waals surface area contributed by atoms with E-state index in [0.29, 0.717) is 5.92 Å². The van der Waals surface area contributed by atoms with Crippen LogP contribution >= 0.6 is 0 Å². The van der Waals surface area contributed by atoms with Crippen molar-refractivity contribution in [3.8, 4) is 17.0 Å². The van der Waals surface area contributed by atoms with Crippen molar-refractivity contribution in [2.24, 2.45) is 22.6 Å². The highest BCUT2D eigenvalue weighted by Crippen LogP contribution is 2.33. The fourth-order valence-electron chi connectivity index (χ4n) is 4.39. The van der Waals surface area contributed by atoms with Crippen LogP contribution in [-0.2, 0) is 0 Å². The Morgan fingerprint density at radius 1 is 1.16 bits per heavy atom. The number of aromatic nitrogens is 1. The topological polar surface area (TPSA) is 101 Å². The summed E-state index contributed by atoms with van der Waals surface area (Å²) in [6, 6.07) is 5.36. The number of nitrogens with two attached hydrogens (primary N) is 1. The molecule has 1 saturated carbocycles. The third-order valence-corrected chi connectivity index (χ3v) is 5.94. The molecule has 1 aliphatic carbocycles. The molecule has 2 heterocycles. The summed E-state index contributed by atoms with van der Waals surface area (Å²) < 4.78 is 28.5. The maximum Gasteiger partial charge on any atom is 0.270 e. The normalized spacial score (nSPS) is 25.4. The summed E-state index contributed by atoms with van der Waals surface area (Å²) >= 11 is 0. The maximum atomic E-state index is 14.3. The number of carbonyl (C=O) groups is 1. The average molecular weight is 426 g/mol. The van der Waals surface area contributed by atoms with Gasteiger partial charge in [-0.15, -0.1) is 0 Å². The minimum atomic E-state index is -0.794. The molecule has 1 amide bonds. The fourth-order valence-corrected chi connectivity index (χ4v) is 4.39. The number of aliphatic imine (C=N–C) groups is 1. The van der Waals surface area contributed by atoms with Gasteiger partial charge in [0.15, 0.2) is 0 Å². The Morgan fingerprint density at radius 3 is 2.77 bits per heavy atom. The van der Waals surface area contributed by atoms with E-state index in [9.17, 15) is 18.7 Å². The summed E-state index contributed by atoms with van der Waals surface area (Å²) in [4.78, 5) is 21.1. The Labute approximate surface area is 178 Å². The van der Waals surface area contributed by atoms with Crippen LogP contribution in [0.2, 0.25) is 0 Å². The minimum absolute atomic E-state index is 0.0521. The summed E-state index contributed by atoms with van der Waals surface area (Å²) in [7, 11) is 0. The van der Waals surface area contributed by atoms with Gasteiger partial charge in [0.05, 0.1) is 6.04 Å². The van der Waals surface area contributed by atoms with Gasteiger partial charge in [-0.25, -0.2) is 13.8 Å². The lowest BCUT2D eigenvalue weighted by molar-refractivity contribution is 0.0926. The standard InChI is InChI=1S/C23H24F2N4O2/c24-18-5-4-15(30)11-17(18)22-19(25)6-7-20(28-22)23(31)29-21-12-27-9-8-16(21)13-2-1-3-14(26)10-13/h4-9,11-14,16,21,30H,1-3,10,26H2,(H,29,31)/t13-,14+,16?,21?/m1/s1. The Bertz CT molecular complexity index is 1040. The molecule has 4 N–H and O–H groups in total. The van der Waals surface area contributed by atoms with Crippen LogP contribution in [0.25, 0.3) is 11.3 Å². The van der Waals surface area contributed by atoms with Gasteiger partial charge in [0.1, 0.15) is 28.8 Å². The smallest absolute Gasteiger partial charge is 0.270 e. The van der Waals surface area contributed by atoms with E-state index >= 15 is 0 Å². The predicted molar refractivity (Wildman–Crippen MR) is 114 cm³/mol. The number of phenols is 1. The van der Waals surface area contributed by atoms with Crippen LogP contribution in [0.4, 0.5) is 8.78 Å². The second-order valence-electron chi connectivity index (χ2n) is 8.09. The average Bonchev–Trinajstić information content (AvgIpc) is 2.76. The summed E-state index contributed by atoms with van der Waals surface area (Å²) in [5, 5.41) is 12.5. The number of phenolic OH excluding ortho intramolecular Hbond substituents is 1. The van der Waals surface area contributed by atoms with Crippen molar-refractivity contribution in [2.45, 2.75) is 37.8 Å². The number of nitrogens with one attached hydrogen (secondary N) is 1. The predicted octanol–water partition coefficient (Wildman–Crippen LogP) is 3.56. The van der Waals surface area contributed by atoms with Crippen LogP contribution in [0.5, 0.6) is 5.75 Å². The molecule has 2 aliphatic rings. The lowest BCUT2D eigenvalue weighted by Gasteiger charge is -2.36. The van der Waals surface area contributed by atoms with E-state index in [2.05, 4.69) is 15.3 Å². The Morgan fingerprint density at radius 2 is 1.97 bits per heavy atom. The van der Waals surface area contributed by atoms with Gasteiger partial charge in [0, 0.05) is 29.9 Å². The molecule has 1 aromatic heterocycles. The third-order valence-electron chi connectivity index (χ3n) is 5.94. The summed E-state index contributed by atoms with van der Waals surface area (Å²) in [5.74, 6) is -1.91. The molecular formula is C23H24F2N4O2. The number of benzene rings is 1. The van der Waals surface area contributed by atoms with Crippen molar-refractivity contribution < 1.29 is 18.7 Å². The summed E-state index contributed by atoms with van der Waals surface area (Å²) in [6.45, 7) is 0. The second kappa shape index (κ2) is 8.93. The van der Waals surface area contributed by atoms with E-state index in [1.54, 1.807) is 12.4 Å². The van der Waals surface area contributed by atoms with E-state index in [1.807, 2.05) is 6.08 Å². The number of nitrogens with zero attached hydrogens (tertiary/aromatic N) is 2. The molecular weight excluding hydrogens is 402 g/mol. The highest BCUT2D eigenvalue weighted by molar-refractivity contribution is 5.95. The molecule has 1 aliphatic heterocycles. The summed E-state index contributed by atoms with van der Waals surface area (Å²) in [6.07, 6.45) is 9.36. The van der Waals surface area contributed by atoms with Gasteiger partial charge in [-0.05, 0) is 55.5 Å². The van der Waals surface area contributed by atoms with Crippen molar-refractivity contribution in [3.05, 3.63) is 59.9 Å². The SMILES string of the molecule is N[C@H]1CCC[C@@H](C2C=CN=CC2NC(=O)c2ccc(F)c(-c3cc(O)ccc3F)n2)C1. The molecule has 2 aromatic rings. The molecule has 1 fully saturated rings. The van der Waals surface area contributed by atoms with Crippen LogP contribution in [0, 0.1) is 23.5 Å². The molecule has 31 heavy (non-hydrogen) atoms. The van der Waals surface area contributed by atoms with Crippen molar-refractivity contribution in [2.75, 3.05) is 0 Å². The molecule has 0 radical (unpaired) electrons. The zero-order chi connectivity index (χ0) is 22.0. The maximum absolute atomic E-state index is 14.3. The monoisotopic (exact) mass is 426 g/mol. The van der Waals surface area contributed by atoms with Crippen molar-refractivity contribution >= 4 is 12.1 Å². The molecule has 8 heteroatoms. The van der Waals surface area contributed by atoms with Gasteiger partial charge in [-0.2, -0.15) is 0 Å². The van der Waals surface area contributed by atoms with E-state index in [0.717, 1.165) is 49.9 Å². The van der Waals surface area contributed by atoms with Gasteiger partial charge in [0.2, 0.25) is 0 Å². The molecule has 2 unspecified atom stereocenters. The molecule has 6 nitrogen and oxygen atoms in total. The van der Waals surface area contributed by atoms with Crippen LogP contribution in [0.15, 0.2) is 47.6 Å². The number of amides is 1. The molecule has 4 atom stereocenters. The molecule has 1 aromatic carbocycles. The number of aromatic hydroxyl groups is 1. The highest BCUT2D eigenvalue weighted by Gasteiger charge is 2.32. The van der Waals surface area contributed by atoms with Gasteiger partial charge in [-0.3, -0.25) is 9.79 Å². The van der Waals surface area contributed by atoms with Crippen molar-refractivity contribution in [1.29, 1.82) is 0 Å². The largest absolute Gasteiger partial charge is 0.508 e. The third kappa shape index (κ3) is 4.64. The van der Waals surface area contributed by atoms with Crippen molar-refractivity contribution in [1.82, 2.24) is 10.3 Å². The van der Waals surface area contributed by atoms with E-state index in [4.69, 9.17) is 5.73 Å². The Kier molecular flexibility index (Phi) is 6.08. The molecule has 162 valence electrons. The first-order chi connectivity index (χ1) is 14.9. The van der Waals surface area contributed by atoms with Gasteiger partial charge in [0.25, 0.3) is 5.91 Å². The minimum Gasteiger partial charge on any atom is -0.508 e. The first kappa shape index (κ1) is 21.1. The Balaban J connectivity index is 1.56. The Hall–Kier alpha value is -3.13. The van der Waals surface area contributed by atoms with Gasteiger partial charge < -0.3 is 16.2 Å². The fraction of sp³-hybridized carbons (Fsp3) is 0.348.